The standard InChI is InChI=1S/C13H11BrN2O2/c1-9-8-13(18-16-9)15-7-6-12(17)10-2-4-11(14)5-3-10/h2-8,15H,1H3. The van der Waals surface area contributed by atoms with E-state index in [4.69, 9.17) is 4.52 Å². The van der Waals surface area contributed by atoms with Gasteiger partial charge < -0.3 is 9.84 Å². The van der Waals surface area contributed by atoms with Gasteiger partial charge in [-0.05, 0) is 31.2 Å². The van der Waals surface area contributed by atoms with Gasteiger partial charge in [0, 0.05) is 28.4 Å². The van der Waals surface area contributed by atoms with Crippen molar-refractivity contribution in [2.75, 3.05) is 5.32 Å². The number of aryl methyl sites for hydroxylation is 1. The summed E-state index contributed by atoms with van der Waals surface area (Å²) >= 11 is 3.32. The Morgan fingerprint density at radius 1 is 1.39 bits per heavy atom. The zero-order valence-corrected chi connectivity index (χ0v) is 11.3. The van der Waals surface area contributed by atoms with Gasteiger partial charge in [0.05, 0.1) is 5.69 Å². The molecule has 0 saturated heterocycles. The molecule has 0 amide bonds. The second-order valence-electron chi connectivity index (χ2n) is 3.68. The number of hydrogen-bond acceptors (Lipinski definition) is 4. The Morgan fingerprint density at radius 2 is 2.11 bits per heavy atom. The highest BCUT2D eigenvalue weighted by Gasteiger charge is 2.01. The van der Waals surface area contributed by atoms with Gasteiger partial charge in [0.25, 0.3) is 0 Å². The minimum absolute atomic E-state index is 0.0776. The number of nitrogens with zero attached hydrogens (tertiary/aromatic N) is 1. The van der Waals surface area contributed by atoms with Crippen molar-refractivity contribution in [1.29, 1.82) is 0 Å². The van der Waals surface area contributed by atoms with Crippen molar-refractivity contribution < 1.29 is 9.32 Å². The first-order valence-corrected chi connectivity index (χ1v) is 6.11. The van der Waals surface area contributed by atoms with Gasteiger partial charge in [0.1, 0.15) is 0 Å². The number of ketones is 1. The molecular formula is C13H11BrN2O2. The van der Waals surface area contributed by atoms with E-state index in [1.54, 1.807) is 18.2 Å². The third-order valence-electron chi connectivity index (χ3n) is 2.22. The summed E-state index contributed by atoms with van der Waals surface area (Å²) in [4.78, 5) is 11.8. The van der Waals surface area contributed by atoms with Gasteiger partial charge in [-0.3, -0.25) is 4.79 Å². The summed E-state index contributed by atoms with van der Waals surface area (Å²) in [7, 11) is 0. The molecular weight excluding hydrogens is 296 g/mol. The van der Waals surface area contributed by atoms with Crippen molar-refractivity contribution in [1.82, 2.24) is 5.16 Å². The van der Waals surface area contributed by atoms with Crippen LogP contribution in [-0.2, 0) is 0 Å². The molecule has 1 aromatic heterocycles. The number of allylic oxidation sites excluding steroid dienone is 1. The van der Waals surface area contributed by atoms with Gasteiger partial charge in [-0.25, -0.2) is 0 Å². The molecule has 4 nitrogen and oxygen atoms in total. The molecule has 0 bridgehead atoms. The average molecular weight is 307 g/mol. The molecule has 0 unspecified atom stereocenters. The van der Waals surface area contributed by atoms with Crippen LogP contribution in [0.4, 0.5) is 5.88 Å². The van der Waals surface area contributed by atoms with E-state index in [0.29, 0.717) is 11.4 Å². The monoisotopic (exact) mass is 306 g/mol. The normalized spacial score (nSPS) is 10.8. The van der Waals surface area contributed by atoms with E-state index in [-0.39, 0.29) is 5.78 Å². The predicted octanol–water partition coefficient (Wildman–Crippen LogP) is 3.55. The summed E-state index contributed by atoms with van der Waals surface area (Å²) in [6.45, 7) is 1.82. The van der Waals surface area contributed by atoms with Crippen molar-refractivity contribution in [3.63, 3.8) is 0 Å². The highest BCUT2D eigenvalue weighted by Crippen LogP contribution is 2.12. The Kier molecular flexibility index (Phi) is 3.94. The molecule has 0 atom stereocenters. The lowest BCUT2D eigenvalue weighted by atomic mass is 10.1. The van der Waals surface area contributed by atoms with Crippen LogP contribution in [0, 0.1) is 6.92 Å². The Bertz CT molecular complexity index is 573. The first kappa shape index (κ1) is 12.6. The van der Waals surface area contributed by atoms with E-state index in [9.17, 15) is 4.79 Å². The Morgan fingerprint density at radius 3 is 2.72 bits per heavy atom. The summed E-state index contributed by atoms with van der Waals surface area (Å²) in [5.41, 5.74) is 1.41. The SMILES string of the molecule is Cc1cc(NC=CC(=O)c2ccc(Br)cc2)on1. The molecule has 5 heteroatoms. The predicted molar refractivity (Wildman–Crippen MR) is 72.5 cm³/mol. The summed E-state index contributed by atoms with van der Waals surface area (Å²) < 4.78 is 5.88. The number of benzene rings is 1. The fraction of sp³-hybridized carbons (Fsp3) is 0.0769. The van der Waals surface area contributed by atoms with E-state index < -0.39 is 0 Å². The maximum Gasteiger partial charge on any atom is 0.228 e. The Hall–Kier alpha value is -1.88. The van der Waals surface area contributed by atoms with Gasteiger partial charge in [0.2, 0.25) is 5.88 Å². The van der Waals surface area contributed by atoms with Crippen LogP contribution >= 0.6 is 15.9 Å². The molecule has 18 heavy (non-hydrogen) atoms. The van der Waals surface area contributed by atoms with Crippen molar-refractivity contribution in [3.8, 4) is 0 Å². The van der Waals surface area contributed by atoms with Gasteiger partial charge in [-0.15, -0.1) is 0 Å². The third-order valence-corrected chi connectivity index (χ3v) is 2.75. The molecule has 0 fully saturated rings. The molecule has 1 N–H and O–H groups in total. The van der Waals surface area contributed by atoms with Crippen molar-refractivity contribution in [2.45, 2.75) is 6.92 Å². The average Bonchev–Trinajstić information content (AvgIpc) is 2.76. The third kappa shape index (κ3) is 3.30. The summed E-state index contributed by atoms with van der Waals surface area (Å²) in [5, 5.41) is 6.56. The van der Waals surface area contributed by atoms with E-state index in [2.05, 4.69) is 26.4 Å². The molecule has 0 aliphatic carbocycles. The van der Waals surface area contributed by atoms with E-state index >= 15 is 0 Å². The van der Waals surface area contributed by atoms with Crippen LogP contribution in [0.25, 0.3) is 0 Å². The molecule has 0 aliphatic heterocycles. The number of anilines is 1. The zero-order chi connectivity index (χ0) is 13.0. The Balaban J connectivity index is 1.97. The zero-order valence-electron chi connectivity index (χ0n) is 9.68. The van der Waals surface area contributed by atoms with E-state index in [1.807, 2.05) is 19.1 Å². The van der Waals surface area contributed by atoms with Gasteiger partial charge in [0.15, 0.2) is 5.78 Å². The number of nitrogens with one attached hydrogen (secondary N) is 1. The van der Waals surface area contributed by atoms with Crippen LogP contribution in [0.2, 0.25) is 0 Å². The fourth-order valence-corrected chi connectivity index (χ4v) is 1.61. The topological polar surface area (TPSA) is 55.1 Å². The van der Waals surface area contributed by atoms with Gasteiger partial charge in [-0.1, -0.05) is 21.1 Å². The fourth-order valence-electron chi connectivity index (χ4n) is 1.34. The lowest BCUT2D eigenvalue weighted by molar-refractivity contribution is 0.104. The van der Waals surface area contributed by atoms with Crippen LogP contribution in [0.5, 0.6) is 0 Å². The smallest absolute Gasteiger partial charge is 0.228 e. The second kappa shape index (κ2) is 5.64. The molecule has 0 aliphatic rings. The van der Waals surface area contributed by atoms with Crippen LogP contribution < -0.4 is 5.32 Å². The number of carbonyl (C=O) groups excluding carboxylic acids is 1. The molecule has 0 saturated carbocycles. The largest absolute Gasteiger partial charge is 0.338 e. The van der Waals surface area contributed by atoms with E-state index in [0.717, 1.165) is 10.2 Å². The number of aromatic nitrogens is 1. The van der Waals surface area contributed by atoms with Crippen LogP contribution in [0.1, 0.15) is 16.1 Å². The van der Waals surface area contributed by atoms with Gasteiger partial charge in [-0.2, -0.15) is 0 Å². The van der Waals surface area contributed by atoms with Crippen molar-refractivity contribution in [3.05, 3.63) is 58.3 Å². The maximum absolute atomic E-state index is 11.8. The highest BCUT2D eigenvalue weighted by atomic mass is 79.9. The quantitative estimate of drug-likeness (QED) is 0.693. The lowest BCUT2D eigenvalue weighted by Crippen LogP contribution is -1.95. The first-order valence-electron chi connectivity index (χ1n) is 5.31. The molecule has 0 spiro atoms. The Labute approximate surface area is 113 Å². The van der Waals surface area contributed by atoms with E-state index in [1.165, 1.54) is 12.3 Å². The molecule has 2 aromatic rings. The molecule has 0 radical (unpaired) electrons. The number of hydrogen-bond donors (Lipinski definition) is 1. The molecule has 92 valence electrons. The van der Waals surface area contributed by atoms with Gasteiger partial charge >= 0.3 is 0 Å². The minimum atomic E-state index is -0.0776. The van der Waals surface area contributed by atoms with Crippen LogP contribution in [0.15, 0.2) is 51.6 Å². The van der Waals surface area contributed by atoms with Crippen LogP contribution in [0.3, 0.4) is 0 Å². The number of rotatable bonds is 4. The molecule has 1 aromatic carbocycles. The lowest BCUT2D eigenvalue weighted by Gasteiger charge is -1.96. The number of carbonyl (C=O) groups is 1. The minimum Gasteiger partial charge on any atom is -0.338 e. The number of halogens is 1. The maximum atomic E-state index is 11.8. The summed E-state index contributed by atoms with van der Waals surface area (Å²) in [5.74, 6) is 0.429. The van der Waals surface area contributed by atoms with Crippen molar-refractivity contribution in [2.24, 2.45) is 0 Å². The molecule has 2 rings (SSSR count). The van der Waals surface area contributed by atoms with Crippen LogP contribution in [-0.4, -0.2) is 10.9 Å². The summed E-state index contributed by atoms with van der Waals surface area (Å²) in [6, 6.07) is 8.92. The summed E-state index contributed by atoms with van der Waals surface area (Å²) in [6.07, 6.45) is 2.98. The van der Waals surface area contributed by atoms with Crippen molar-refractivity contribution >= 4 is 27.6 Å². The molecule has 1 heterocycles. The first-order chi connectivity index (χ1) is 8.65. The highest BCUT2D eigenvalue weighted by molar-refractivity contribution is 9.10. The second-order valence-corrected chi connectivity index (χ2v) is 4.60.